The van der Waals surface area contributed by atoms with Crippen molar-refractivity contribution in [3.63, 3.8) is 0 Å². The van der Waals surface area contributed by atoms with Gasteiger partial charge in [0.15, 0.2) is 0 Å². The molecule has 0 saturated carbocycles. The monoisotopic (exact) mass is 412 g/mol. The van der Waals surface area contributed by atoms with E-state index in [4.69, 9.17) is 23.2 Å². The summed E-state index contributed by atoms with van der Waals surface area (Å²) in [6.07, 6.45) is 0. The molecular weight excluding hydrogens is 395 g/mol. The molecule has 0 heterocycles. The summed E-state index contributed by atoms with van der Waals surface area (Å²) >= 11 is 13.1. The van der Waals surface area contributed by atoms with Gasteiger partial charge in [-0.2, -0.15) is 0 Å². The van der Waals surface area contributed by atoms with Crippen LogP contribution in [0, 0.1) is 13.8 Å². The topological polar surface area (TPSA) is 0 Å². The summed E-state index contributed by atoms with van der Waals surface area (Å²) < 4.78 is 0. The summed E-state index contributed by atoms with van der Waals surface area (Å²) in [7, 11) is 0. The Hall–Kier alpha value is -2.54. The van der Waals surface area contributed by atoms with Gasteiger partial charge in [-0.1, -0.05) is 82.9 Å². The smallest absolute Gasteiger partial charge is 0.0726 e. The second-order valence-electron chi connectivity index (χ2n) is 8.23. The molecule has 0 fully saturated rings. The number of aryl methyl sites for hydroxylation is 2. The quantitative estimate of drug-likeness (QED) is 0.237. The molecule has 0 bridgehead atoms. The molecule has 140 valence electrons. The fourth-order valence-electron chi connectivity index (χ4n) is 5.40. The molecule has 4 aromatic carbocycles. The minimum Gasteiger partial charge on any atom is -0.0843 e. The van der Waals surface area contributed by atoms with Crippen molar-refractivity contribution in [1.29, 1.82) is 0 Å². The van der Waals surface area contributed by atoms with Crippen LogP contribution in [0.25, 0.3) is 22.3 Å². The fourth-order valence-corrected chi connectivity index (χ4v) is 5.74. The maximum atomic E-state index is 6.55. The first-order valence-electron chi connectivity index (χ1n) is 9.83. The highest BCUT2D eigenvalue weighted by Crippen LogP contribution is 2.63. The Balaban J connectivity index is 1.88. The molecule has 2 heteroatoms. The van der Waals surface area contributed by atoms with Gasteiger partial charge in [-0.15, -0.1) is 0 Å². The van der Waals surface area contributed by atoms with Gasteiger partial charge in [-0.25, -0.2) is 0 Å². The Labute approximate surface area is 180 Å². The summed E-state index contributed by atoms with van der Waals surface area (Å²) in [5.41, 5.74) is 12.3. The van der Waals surface area contributed by atoms with Gasteiger partial charge < -0.3 is 0 Å². The van der Waals surface area contributed by atoms with Crippen molar-refractivity contribution in [1.82, 2.24) is 0 Å². The van der Waals surface area contributed by atoms with Gasteiger partial charge in [0.1, 0.15) is 0 Å². The number of rotatable bonds is 0. The molecule has 4 aromatic rings. The molecule has 0 aliphatic heterocycles. The average Bonchev–Trinajstić information content (AvgIpc) is 3.13. The molecule has 0 amide bonds. The van der Waals surface area contributed by atoms with Crippen LogP contribution in [0.2, 0.25) is 10.0 Å². The Bertz CT molecular complexity index is 1140. The molecule has 0 N–H and O–H groups in total. The van der Waals surface area contributed by atoms with Crippen LogP contribution in [-0.4, -0.2) is 0 Å². The van der Waals surface area contributed by atoms with Crippen molar-refractivity contribution >= 4 is 23.2 Å². The number of benzene rings is 4. The van der Waals surface area contributed by atoms with Crippen LogP contribution in [-0.2, 0) is 5.41 Å². The van der Waals surface area contributed by atoms with E-state index in [0.29, 0.717) is 0 Å². The molecule has 0 nitrogen and oxygen atoms in total. The SMILES string of the molecule is Cc1ccc2c(c1)C1(c3cc(C)ccc3-c3ccc(Cl)cc31)c1cc(Cl)ccc1-2. The predicted octanol–water partition coefficient (Wildman–Crippen LogP) is 7.95. The highest BCUT2D eigenvalue weighted by molar-refractivity contribution is 6.31. The normalized spacial score (nSPS) is 14.5. The maximum Gasteiger partial charge on any atom is 0.0726 e. The molecule has 29 heavy (non-hydrogen) atoms. The highest BCUT2D eigenvalue weighted by atomic mass is 35.5. The lowest BCUT2D eigenvalue weighted by molar-refractivity contribution is 0.791. The van der Waals surface area contributed by atoms with Crippen LogP contribution in [0.1, 0.15) is 33.4 Å². The predicted molar refractivity (Wildman–Crippen MR) is 122 cm³/mol. The van der Waals surface area contributed by atoms with Crippen molar-refractivity contribution in [3.05, 3.63) is 116 Å². The standard InChI is InChI=1S/C27H18Cl2/c1-15-3-7-19-21-9-5-17(28)13-25(21)27(23(19)11-15)24-12-16(2)4-8-20(24)22-10-6-18(29)14-26(22)27/h3-14H,1-2H3. The van der Waals surface area contributed by atoms with Crippen molar-refractivity contribution < 1.29 is 0 Å². The highest BCUT2D eigenvalue weighted by Gasteiger charge is 2.51. The Morgan fingerprint density at radius 2 is 0.828 bits per heavy atom. The molecule has 0 aromatic heterocycles. The Kier molecular flexibility index (Phi) is 3.44. The maximum absolute atomic E-state index is 6.55. The molecule has 2 aliphatic carbocycles. The fraction of sp³-hybridized carbons (Fsp3) is 0.111. The van der Waals surface area contributed by atoms with E-state index in [-0.39, 0.29) is 5.41 Å². The van der Waals surface area contributed by atoms with Crippen LogP contribution < -0.4 is 0 Å². The minimum absolute atomic E-state index is 0.386. The minimum atomic E-state index is -0.386. The third kappa shape index (κ3) is 2.11. The first-order valence-corrected chi connectivity index (χ1v) is 10.6. The van der Waals surface area contributed by atoms with Crippen LogP contribution in [0.5, 0.6) is 0 Å². The van der Waals surface area contributed by atoms with Crippen LogP contribution in [0.3, 0.4) is 0 Å². The Morgan fingerprint density at radius 3 is 1.24 bits per heavy atom. The molecular formula is C27H18Cl2. The van der Waals surface area contributed by atoms with Crippen LogP contribution in [0.15, 0.2) is 72.8 Å². The summed E-state index contributed by atoms with van der Waals surface area (Å²) in [6.45, 7) is 4.32. The first kappa shape index (κ1) is 17.3. The van der Waals surface area contributed by atoms with E-state index in [9.17, 15) is 0 Å². The van der Waals surface area contributed by atoms with E-state index in [0.717, 1.165) is 10.0 Å². The van der Waals surface area contributed by atoms with Gasteiger partial charge in [-0.3, -0.25) is 0 Å². The van der Waals surface area contributed by atoms with Gasteiger partial charge in [0.25, 0.3) is 0 Å². The van der Waals surface area contributed by atoms with E-state index >= 15 is 0 Å². The van der Waals surface area contributed by atoms with Gasteiger partial charge in [0.05, 0.1) is 5.41 Å². The second kappa shape index (κ2) is 5.75. The van der Waals surface area contributed by atoms with E-state index in [2.05, 4.69) is 74.5 Å². The zero-order chi connectivity index (χ0) is 19.9. The van der Waals surface area contributed by atoms with E-state index in [1.54, 1.807) is 0 Å². The number of hydrogen-bond donors (Lipinski definition) is 0. The van der Waals surface area contributed by atoms with E-state index in [1.807, 2.05) is 12.1 Å². The average molecular weight is 413 g/mol. The van der Waals surface area contributed by atoms with Crippen LogP contribution >= 0.6 is 23.2 Å². The van der Waals surface area contributed by atoms with E-state index < -0.39 is 0 Å². The van der Waals surface area contributed by atoms with Crippen molar-refractivity contribution in [3.8, 4) is 22.3 Å². The molecule has 0 unspecified atom stereocenters. The second-order valence-corrected chi connectivity index (χ2v) is 9.10. The van der Waals surface area contributed by atoms with Crippen LogP contribution in [0.4, 0.5) is 0 Å². The summed E-state index contributed by atoms with van der Waals surface area (Å²) in [5.74, 6) is 0. The van der Waals surface area contributed by atoms with Gasteiger partial charge in [0.2, 0.25) is 0 Å². The summed E-state index contributed by atoms with van der Waals surface area (Å²) in [4.78, 5) is 0. The summed E-state index contributed by atoms with van der Waals surface area (Å²) in [5, 5.41) is 1.52. The number of fused-ring (bicyclic) bond motifs is 10. The zero-order valence-corrected chi connectivity index (χ0v) is 17.7. The third-order valence-electron chi connectivity index (χ3n) is 6.51. The number of hydrogen-bond acceptors (Lipinski definition) is 0. The lowest BCUT2D eigenvalue weighted by atomic mass is 9.70. The molecule has 6 rings (SSSR count). The largest absolute Gasteiger partial charge is 0.0843 e. The molecule has 2 aliphatic rings. The van der Waals surface area contributed by atoms with Gasteiger partial charge in [0, 0.05) is 10.0 Å². The van der Waals surface area contributed by atoms with Crippen molar-refractivity contribution in [2.75, 3.05) is 0 Å². The lowest BCUT2D eigenvalue weighted by Gasteiger charge is -2.31. The lowest BCUT2D eigenvalue weighted by Crippen LogP contribution is -2.26. The molecule has 0 saturated heterocycles. The van der Waals surface area contributed by atoms with E-state index in [1.165, 1.54) is 55.6 Å². The molecule has 0 atom stereocenters. The third-order valence-corrected chi connectivity index (χ3v) is 6.98. The summed E-state index contributed by atoms with van der Waals surface area (Å²) in [6, 6.07) is 26.2. The Morgan fingerprint density at radius 1 is 0.483 bits per heavy atom. The molecule has 1 spiro atoms. The zero-order valence-electron chi connectivity index (χ0n) is 16.2. The van der Waals surface area contributed by atoms with Gasteiger partial charge in [-0.05, 0) is 82.6 Å². The van der Waals surface area contributed by atoms with Crippen molar-refractivity contribution in [2.24, 2.45) is 0 Å². The first-order chi connectivity index (χ1) is 14.0. The van der Waals surface area contributed by atoms with Crippen molar-refractivity contribution in [2.45, 2.75) is 19.3 Å². The molecule has 0 radical (unpaired) electrons. The number of halogens is 2. The van der Waals surface area contributed by atoms with Gasteiger partial charge >= 0.3 is 0 Å².